The molecule has 0 bridgehead atoms. The SMILES string of the molecule is CC(C)[C@H](NC(=O)OC(C)(C)C)C(=O)NC[C@@H](O)CP(=O)(CC1CCCCC1)OCc1ccccc1. The Balaban J connectivity index is 1.97. The van der Waals surface area contributed by atoms with Crippen LogP contribution in [0, 0.1) is 11.8 Å². The molecule has 0 aromatic heterocycles. The molecule has 1 aromatic carbocycles. The minimum absolute atomic E-state index is 0.0253. The molecular formula is C27H45N2O6P. The van der Waals surface area contributed by atoms with E-state index in [0.29, 0.717) is 12.1 Å². The van der Waals surface area contributed by atoms with Gasteiger partial charge in [0, 0.05) is 12.7 Å². The molecule has 1 unspecified atom stereocenters. The molecule has 1 aliphatic carbocycles. The van der Waals surface area contributed by atoms with E-state index in [1.165, 1.54) is 6.42 Å². The Labute approximate surface area is 216 Å². The lowest BCUT2D eigenvalue weighted by molar-refractivity contribution is -0.124. The van der Waals surface area contributed by atoms with Crippen LogP contribution in [0.15, 0.2) is 30.3 Å². The Kier molecular flexibility index (Phi) is 11.9. The third kappa shape index (κ3) is 11.4. The number of rotatable bonds is 12. The molecule has 0 radical (unpaired) electrons. The second-order valence-corrected chi connectivity index (χ2v) is 13.8. The lowest BCUT2D eigenvalue weighted by atomic mass is 9.91. The van der Waals surface area contributed by atoms with Gasteiger partial charge in [-0.2, -0.15) is 0 Å². The fourth-order valence-corrected chi connectivity index (χ4v) is 7.06. The number of nitrogens with one attached hydrogen (secondary N) is 2. The summed E-state index contributed by atoms with van der Waals surface area (Å²) in [5.74, 6) is -0.297. The zero-order chi connectivity index (χ0) is 26.8. The van der Waals surface area contributed by atoms with Gasteiger partial charge in [-0.25, -0.2) is 4.79 Å². The van der Waals surface area contributed by atoms with E-state index < -0.39 is 37.1 Å². The molecule has 9 heteroatoms. The number of amides is 2. The number of ether oxygens (including phenoxy) is 1. The van der Waals surface area contributed by atoms with Crippen molar-refractivity contribution in [1.29, 1.82) is 0 Å². The maximum atomic E-state index is 13.9. The zero-order valence-corrected chi connectivity index (χ0v) is 23.4. The van der Waals surface area contributed by atoms with Crippen molar-refractivity contribution in [3.63, 3.8) is 0 Å². The molecule has 3 atom stereocenters. The summed E-state index contributed by atoms with van der Waals surface area (Å²) >= 11 is 0. The van der Waals surface area contributed by atoms with E-state index in [2.05, 4.69) is 10.6 Å². The standard InChI is InChI=1S/C27H45N2O6P/c1-20(2)24(29-26(32)35-27(3,4)5)25(31)28-16-23(30)19-36(33,18-22-14-10-7-11-15-22)34-17-21-12-8-6-9-13-21/h6,8-9,12-13,20,22-24,30H,7,10-11,14-19H2,1-5H3,(H,28,31)(H,29,32)/t23-,24+,36?/m1/s1. The number of alkyl carbamates (subject to hydrolysis) is 1. The fourth-order valence-electron chi connectivity index (χ4n) is 4.39. The first-order valence-corrected chi connectivity index (χ1v) is 15.1. The van der Waals surface area contributed by atoms with E-state index in [9.17, 15) is 19.3 Å². The van der Waals surface area contributed by atoms with Gasteiger partial charge >= 0.3 is 6.09 Å². The van der Waals surface area contributed by atoms with E-state index in [-0.39, 0.29) is 25.2 Å². The van der Waals surface area contributed by atoms with Crippen molar-refractivity contribution in [2.45, 2.75) is 91.1 Å². The van der Waals surface area contributed by atoms with Crippen LogP contribution in [0.1, 0.15) is 72.3 Å². The van der Waals surface area contributed by atoms with Crippen molar-refractivity contribution < 1.29 is 28.5 Å². The van der Waals surface area contributed by atoms with Gasteiger partial charge in [0.1, 0.15) is 11.6 Å². The van der Waals surface area contributed by atoms with E-state index in [4.69, 9.17) is 9.26 Å². The summed E-state index contributed by atoms with van der Waals surface area (Å²) in [5, 5.41) is 16.0. The van der Waals surface area contributed by atoms with Crippen LogP contribution in [0.2, 0.25) is 0 Å². The molecule has 204 valence electrons. The van der Waals surface area contributed by atoms with Crippen molar-refractivity contribution in [3.05, 3.63) is 35.9 Å². The van der Waals surface area contributed by atoms with Crippen molar-refractivity contribution in [1.82, 2.24) is 10.6 Å². The van der Waals surface area contributed by atoms with Gasteiger partial charge in [0.05, 0.1) is 18.9 Å². The maximum absolute atomic E-state index is 13.9. The van der Waals surface area contributed by atoms with Gasteiger partial charge < -0.3 is 25.0 Å². The molecule has 1 saturated carbocycles. The summed E-state index contributed by atoms with van der Waals surface area (Å²) in [6, 6.07) is 8.75. The second-order valence-electron chi connectivity index (χ2n) is 11.2. The number of hydrogen-bond acceptors (Lipinski definition) is 6. The molecule has 2 rings (SSSR count). The maximum Gasteiger partial charge on any atom is 0.408 e. The van der Waals surface area contributed by atoms with E-state index >= 15 is 0 Å². The van der Waals surface area contributed by atoms with Gasteiger partial charge in [-0.3, -0.25) is 9.36 Å². The van der Waals surface area contributed by atoms with Crippen molar-refractivity contribution >= 4 is 19.4 Å². The van der Waals surface area contributed by atoms with Crippen LogP contribution < -0.4 is 10.6 Å². The molecule has 0 saturated heterocycles. The topological polar surface area (TPSA) is 114 Å². The lowest BCUT2D eigenvalue weighted by Crippen LogP contribution is -2.52. The molecule has 0 spiro atoms. The summed E-state index contributed by atoms with van der Waals surface area (Å²) < 4.78 is 25.1. The Bertz CT molecular complexity index is 865. The molecule has 0 heterocycles. The van der Waals surface area contributed by atoms with E-state index in [1.807, 2.05) is 44.2 Å². The Morgan fingerprint density at radius 3 is 2.33 bits per heavy atom. The number of benzene rings is 1. The Morgan fingerprint density at radius 2 is 1.75 bits per heavy atom. The normalized spacial score (nSPS) is 18.2. The molecule has 0 aliphatic heterocycles. The number of carbonyl (C=O) groups is 2. The first-order valence-electron chi connectivity index (χ1n) is 13.1. The molecular weight excluding hydrogens is 479 g/mol. The minimum atomic E-state index is -3.15. The summed E-state index contributed by atoms with van der Waals surface area (Å²) in [6.45, 7) is 9.01. The van der Waals surface area contributed by atoms with E-state index in [0.717, 1.165) is 31.2 Å². The largest absolute Gasteiger partial charge is 0.444 e. The first-order chi connectivity index (χ1) is 16.9. The Hall–Kier alpha value is -1.89. The van der Waals surface area contributed by atoms with Gasteiger partial charge in [-0.15, -0.1) is 0 Å². The van der Waals surface area contributed by atoms with Gasteiger partial charge in [-0.1, -0.05) is 63.4 Å². The van der Waals surface area contributed by atoms with Crippen molar-refractivity contribution in [3.8, 4) is 0 Å². The molecule has 1 aromatic rings. The van der Waals surface area contributed by atoms with Gasteiger partial charge in [0.25, 0.3) is 0 Å². The predicted molar refractivity (Wildman–Crippen MR) is 142 cm³/mol. The summed E-state index contributed by atoms with van der Waals surface area (Å²) in [7, 11) is -3.15. The van der Waals surface area contributed by atoms with Crippen molar-refractivity contribution in [2.24, 2.45) is 11.8 Å². The van der Waals surface area contributed by atoms with Crippen LogP contribution in [0.5, 0.6) is 0 Å². The number of aliphatic hydroxyl groups excluding tert-OH is 1. The highest BCUT2D eigenvalue weighted by molar-refractivity contribution is 7.59. The number of hydrogen-bond donors (Lipinski definition) is 3. The molecule has 1 aliphatic rings. The highest BCUT2D eigenvalue weighted by atomic mass is 31.2. The minimum Gasteiger partial charge on any atom is -0.444 e. The van der Waals surface area contributed by atoms with Crippen LogP contribution in [-0.2, 0) is 25.2 Å². The molecule has 3 N–H and O–H groups in total. The van der Waals surface area contributed by atoms with Crippen LogP contribution in [0.3, 0.4) is 0 Å². The molecule has 2 amide bonds. The predicted octanol–water partition coefficient (Wildman–Crippen LogP) is 5.09. The molecule has 36 heavy (non-hydrogen) atoms. The quantitative estimate of drug-likeness (QED) is 0.328. The van der Waals surface area contributed by atoms with Crippen LogP contribution >= 0.6 is 7.37 Å². The zero-order valence-electron chi connectivity index (χ0n) is 22.5. The lowest BCUT2D eigenvalue weighted by Gasteiger charge is -2.29. The first kappa shape index (κ1) is 30.3. The average molecular weight is 525 g/mol. The highest BCUT2D eigenvalue weighted by Crippen LogP contribution is 2.51. The molecule has 8 nitrogen and oxygen atoms in total. The summed E-state index contributed by atoms with van der Waals surface area (Å²) in [6.07, 6.45) is 4.22. The third-order valence-corrected chi connectivity index (χ3v) is 8.84. The molecule has 1 fully saturated rings. The highest BCUT2D eigenvalue weighted by Gasteiger charge is 2.32. The monoisotopic (exact) mass is 524 g/mol. The smallest absolute Gasteiger partial charge is 0.408 e. The number of carbonyl (C=O) groups excluding carboxylic acids is 2. The Morgan fingerprint density at radius 1 is 1.11 bits per heavy atom. The fraction of sp³-hybridized carbons (Fsp3) is 0.704. The van der Waals surface area contributed by atoms with E-state index in [1.54, 1.807) is 20.8 Å². The van der Waals surface area contributed by atoms with Gasteiger partial charge in [0.2, 0.25) is 13.3 Å². The van der Waals surface area contributed by atoms with Crippen LogP contribution in [0.4, 0.5) is 4.79 Å². The third-order valence-electron chi connectivity index (χ3n) is 6.19. The van der Waals surface area contributed by atoms with Gasteiger partial charge in [-0.05, 0) is 51.0 Å². The number of aliphatic hydroxyl groups is 1. The second kappa shape index (κ2) is 14.2. The van der Waals surface area contributed by atoms with Crippen molar-refractivity contribution in [2.75, 3.05) is 18.9 Å². The average Bonchev–Trinajstić information content (AvgIpc) is 2.80. The van der Waals surface area contributed by atoms with Crippen LogP contribution in [0.25, 0.3) is 0 Å². The summed E-state index contributed by atoms with van der Waals surface area (Å²) in [5.41, 5.74) is 0.245. The summed E-state index contributed by atoms with van der Waals surface area (Å²) in [4.78, 5) is 25.0. The van der Waals surface area contributed by atoms with Crippen LogP contribution in [-0.4, -0.2) is 53.7 Å². The van der Waals surface area contributed by atoms with Gasteiger partial charge in [0.15, 0.2) is 0 Å².